The van der Waals surface area contributed by atoms with Crippen LogP contribution in [0.15, 0.2) is 12.3 Å². The molecular formula is C8H22O2Si3. The van der Waals surface area contributed by atoms with Crippen molar-refractivity contribution in [2.75, 3.05) is 0 Å². The van der Waals surface area contributed by atoms with Crippen molar-refractivity contribution in [3.8, 4) is 0 Å². The van der Waals surface area contributed by atoms with Crippen LogP contribution in [-0.2, 0) is 8.23 Å². The molecule has 0 heterocycles. The van der Waals surface area contributed by atoms with Crippen molar-refractivity contribution >= 4 is 25.9 Å². The molecule has 0 saturated heterocycles. The van der Waals surface area contributed by atoms with Gasteiger partial charge in [-0.25, -0.2) is 0 Å². The van der Waals surface area contributed by atoms with E-state index >= 15 is 0 Å². The number of rotatable bonds is 5. The van der Waals surface area contributed by atoms with Crippen molar-refractivity contribution in [2.24, 2.45) is 0 Å². The molecule has 0 aliphatic carbocycles. The average Bonchev–Trinajstić information content (AvgIpc) is 1.81. The molecule has 0 N–H and O–H groups in total. The molecule has 0 spiro atoms. The maximum Gasteiger partial charge on any atom is 0.311 e. The smallest absolute Gasteiger partial charge is 0.311 e. The van der Waals surface area contributed by atoms with Crippen LogP contribution in [0.5, 0.6) is 0 Å². The van der Waals surface area contributed by atoms with Crippen LogP contribution in [0.4, 0.5) is 0 Å². The maximum atomic E-state index is 6.06. The first-order chi connectivity index (χ1) is 5.68. The molecule has 0 unspecified atom stereocenters. The minimum atomic E-state index is -1.87. The zero-order valence-electron chi connectivity index (χ0n) is 9.68. The summed E-state index contributed by atoms with van der Waals surface area (Å²) in [5, 5.41) is 0. The lowest BCUT2D eigenvalue weighted by Crippen LogP contribution is -2.47. The molecule has 0 aromatic rings. The van der Waals surface area contributed by atoms with Gasteiger partial charge in [0, 0.05) is 0 Å². The lowest BCUT2D eigenvalue weighted by Gasteiger charge is -2.32. The van der Waals surface area contributed by atoms with E-state index in [-0.39, 0.29) is 0 Å². The standard InChI is InChI=1S/C8H22O2Si3/c1-8-12(4,5)10-13(6,7)9-11(2)3/h8,11H,1H2,2-7H3. The van der Waals surface area contributed by atoms with Gasteiger partial charge in [0.25, 0.3) is 0 Å². The zero-order chi connectivity index (χ0) is 10.7. The second kappa shape index (κ2) is 4.70. The van der Waals surface area contributed by atoms with Gasteiger partial charge >= 0.3 is 8.56 Å². The molecule has 0 saturated carbocycles. The molecular weight excluding hydrogens is 212 g/mol. The fourth-order valence-corrected chi connectivity index (χ4v) is 11.8. The van der Waals surface area contributed by atoms with Crippen LogP contribution in [0.2, 0.25) is 39.3 Å². The summed E-state index contributed by atoms with van der Waals surface area (Å²) in [6.45, 7) is 16.7. The van der Waals surface area contributed by atoms with E-state index < -0.39 is 25.9 Å². The Balaban J connectivity index is 4.23. The van der Waals surface area contributed by atoms with Gasteiger partial charge in [0.15, 0.2) is 17.4 Å². The van der Waals surface area contributed by atoms with Gasteiger partial charge in [-0.1, -0.05) is 5.70 Å². The van der Waals surface area contributed by atoms with E-state index in [1.54, 1.807) is 0 Å². The third kappa shape index (κ3) is 6.39. The predicted molar refractivity (Wildman–Crippen MR) is 66.2 cm³/mol. The van der Waals surface area contributed by atoms with Gasteiger partial charge in [-0.15, -0.1) is 6.58 Å². The number of hydrogen-bond acceptors (Lipinski definition) is 2. The summed E-state index contributed by atoms with van der Waals surface area (Å²) in [6.07, 6.45) is 0. The lowest BCUT2D eigenvalue weighted by molar-refractivity contribution is 0.407. The van der Waals surface area contributed by atoms with Gasteiger partial charge in [0.1, 0.15) is 0 Å². The van der Waals surface area contributed by atoms with Gasteiger partial charge in [0.2, 0.25) is 0 Å². The highest BCUT2D eigenvalue weighted by atomic mass is 28.5. The van der Waals surface area contributed by atoms with E-state index in [9.17, 15) is 0 Å². The van der Waals surface area contributed by atoms with Gasteiger partial charge in [0.05, 0.1) is 0 Å². The topological polar surface area (TPSA) is 18.5 Å². The van der Waals surface area contributed by atoms with Crippen molar-refractivity contribution in [1.29, 1.82) is 0 Å². The number of hydrogen-bond donors (Lipinski definition) is 0. The summed E-state index contributed by atoms with van der Waals surface area (Å²) in [5.74, 6) is 0. The predicted octanol–water partition coefficient (Wildman–Crippen LogP) is 2.64. The van der Waals surface area contributed by atoms with Gasteiger partial charge in [-0.3, -0.25) is 0 Å². The highest BCUT2D eigenvalue weighted by Gasteiger charge is 2.33. The highest BCUT2D eigenvalue weighted by Crippen LogP contribution is 2.16. The third-order valence-electron chi connectivity index (χ3n) is 1.52. The molecule has 5 heteroatoms. The second-order valence-electron chi connectivity index (χ2n) is 4.48. The Kier molecular flexibility index (Phi) is 4.81. The van der Waals surface area contributed by atoms with Crippen LogP contribution in [0, 0.1) is 0 Å². The van der Waals surface area contributed by atoms with Gasteiger partial charge < -0.3 is 8.23 Å². The Bertz CT molecular complexity index is 178. The fraction of sp³-hybridized carbons (Fsp3) is 0.750. The van der Waals surface area contributed by atoms with Crippen LogP contribution >= 0.6 is 0 Å². The maximum absolute atomic E-state index is 6.06. The van der Waals surface area contributed by atoms with Crippen LogP contribution in [0.25, 0.3) is 0 Å². The van der Waals surface area contributed by atoms with E-state index in [0.717, 1.165) is 0 Å². The van der Waals surface area contributed by atoms with Crippen LogP contribution in [0.1, 0.15) is 0 Å². The van der Waals surface area contributed by atoms with Crippen molar-refractivity contribution in [3.63, 3.8) is 0 Å². The third-order valence-corrected chi connectivity index (χ3v) is 10.7. The Hall–Kier alpha value is 0.311. The molecule has 0 bridgehead atoms. The normalized spacial score (nSPS) is 13.5. The van der Waals surface area contributed by atoms with Crippen LogP contribution < -0.4 is 0 Å². The molecule has 2 nitrogen and oxygen atoms in total. The molecule has 0 aromatic heterocycles. The zero-order valence-corrected chi connectivity index (χ0v) is 12.8. The molecule has 0 atom stereocenters. The van der Waals surface area contributed by atoms with E-state index in [4.69, 9.17) is 8.23 Å². The monoisotopic (exact) mass is 234 g/mol. The molecule has 0 aliphatic rings. The summed E-state index contributed by atoms with van der Waals surface area (Å²) >= 11 is 0. The van der Waals surface area contributed by atoms with Gasteiger partial charge in [-0.05, 0) is 39.3 Å². The first-order valence-electron chi connectivity index (χ1n) is 4.70. The van der Waals surface area contributed by atoms with Crippen molar-refractivity contribution < 1.29 is 8.23 Å². The van der Waals surface area contributed by atoms with E-state index in [1.807, 2.05) is 5.70 Å². The summed E-state index contributed by atoms with van der Waals surface area (Å²) < 4.78 is 12.0. The molecule has 0 rings (SSSR count). The van der Waals surface area contributed by atoms with Crippen LogP contribution in [-0.4, -0.2) is 25.9 Å². The van der Waals surface area contributed by atoms with E-state index in [1.165, 1.54) is 0 Å². The summed E-state index contributed by atoms with van der Waals surface area (Å²) in [6, 6.07) is 0. The molecule has 78 valence electrons. The SMILES string of the molecule is C=C[Si](C)(C)O[Si](C)(C)O[SiH](C)C. The minimum absolute atomic E-state index is 0.971. The molecule has 0 fully saturated rings. The lowest BCUT2D eigenvalue weighted by atomic mass is 11.3. The minimum Gasteiger partial charge on any atom is -0.440 e. The Morgan fingerprint density at radius 2 is 1.62 bits per heavy atom. The quantitative estimate of drug-likeness (QED) is 0.681. The Morgan fingerprint density at radius 3 is 1.92 bits per heavy atom. The molecule has 13 heavy (non-hydrogen) atoms. The molecule has 0 amide bonds. The second-order valence-corrected chi connectivity index (χ2v) is 14.7. The highest BCUT2D eigenvalue weighted by molar-refractivity contribution is 6.86. The van der Waals surface area contributed by atoms with Crippen molar-refractivity contribution in [1.82, 2.24) is 0 Å². The molecule has 0 aliphatic heterocycles. The van der Waals surface area contributed by atoms with Crippen molar-refractivity contribution in [3.05, 3.63) is 12.3 Å². The van der Waals surface area contributed by atoms with Gasteiger partial charge in [-0.2, -0.15) is 0 Å². The summed E-state index contributed by atoms with van der Waals surface area (Å²) in [5.41, 5.74) is 1.97. The Morgan fingerprint density at radius 1 is 1.15 bits per heavy atom. The van der Waals surface area contributed by atoms with E-state index in [2.05, 4.69) is 45.9 Å². The van der Waals surface area contributed by atoms with E-state index in [0.29, 0.717) is 0 Å². The van der Waals surface area contributed by atoms with Crippen molar-refractivity contribution in [2.45, 2.75) is 39.3 Å². The Labute approximate surface area is 86.1 Å². The first kappa shape index (κ1) is 13.3. The first-order valence-corrected chi connectivity index (χ1v) is 13.3. The molecule has 0 aromatic carbocycles. The summed E-state index contributed by atoms with van der Waals surface area (Å²) in [7, 11) is -4.50. The average molecular weight is 235 g/mol. The van der Waals surface area contributed by atoms with Crippen LogP contribution in [0.3, 0.4) is 0 Å². The fourth-order valence-electron chi connectivity index (χ4n) is 1.27. The largest absolute Gasteiger partial charge is 0.440 e. The summed E-state index contributed by atoms with van der Waals surface area (Å²) in [4.78, 5) is 0. The molecule has 0 radical (unpaired) electrons.